The van der Waals surface area contributed by atoms with Crippen LogP contribution in [0.5, 0.6) is 0 Å². The number of urea groups is 1. The molecule has 0 aromatic heterocycles. The number of carbonyl (C=O) groups excluding carboxylic acids is 10. The molecule has 1 fully saturated rings. The molecule has 0 aliphatic carbocycles. The first-order valence-electron chi connectivity index (χ1n) is 31.0. The van der Waals surface area contributed by atoms with E-state index in [1.807, 2.05) is 32.0 Å². The molecule has 0 spiro atoms. The molecule has 2 aromatic rings. The third-order valence-corrected chi connectivity index (χ3v) is 16.5. The Morgan fingerprint density at radius 1 is 0.719 bits per heavy atom. The van der Waals surface area contributed by atoms with Crippen LogP contribution in [-0.2, 0) is 63.9 Å². The van der Waals surface area contributed by atoms with Crippen molar-refractivity contribution in [2.24, 2.45) is 35.3 Å². The van der Waals surface area contributed by atoms with Gasteiger partial charge < -0.3 is 71.5 Å². The average Bonchev–Trinajstić information content (AvgIpc) is 2.15. The zero-order valence-electron chi connectivity index (χ0n) is 54.9. The molecule has 1 heterocycles. The summed E-state index contributed by atoms with van der Waals surface area (Å²) in [5, 5.41) is 27.5. The number of nitrogens with two attached hydrogens (primary N) is 1. The fourth-order valence-electron chi connectivity index (χ4n) is 11.2. The minimum atomic E-state index is -1.11. The summed E-state index contributed by atoms with van der Waals surface area (Å²) >= 11 is 0. The van der Waals surface area contributed by atoms with Crippen LogP contribution in [0.25, 0.3) is 0 Å². The molecule has 1 saturated heterocycles. The smallest absolute Gasteiger partial charge is 0.410 e. The van der Waals surface area contributed by atoms with Gasteiger partial charge in [-0.25, -0.2) is 9.59 Å². The quantitative estimate of drug-likeness (QED) is 0.0331. The van der Waals surface area contributed by atoms with E-state index in [1.54, 1.807) is 109 Å². The number of hydrogen-bond acceptors (Lipinski definition) is 15. The van der Waals surface area contributed by atoms with E-state index in [0.717, 1.165) is 0 Å². The van der Waals surface area contributed by atoms with Crippen molar-refractivity contribution in [1.29, 1.82) is 0 Å². The summed E-state index contributed by atoms with van der Waals surface area (Å²) in [6, 6.07) is 8.74. The normalized spacial score (nSPS) is 16.8. The van der Waals surface area contributed by atoms with Gasteiger partial charge in [-0.05, 0) is 86.0 Å². The number of hydrogen-bond donors (Lipinski definition) is 8. The van der Waals surface area contributed by atoms with Gasteiger partial charge in [0.05, 0.1) is 55.9 Å². The Kier molecular flexibility index (Phi) is 32.0. The second kappa shape index (κ2) is 37.6. The predicted molar refractivity (Wildman–Crippen MR) is 335 cm³/mol. The lowest BCUT2D eigenvalue weighted by molar-refractivity contribution is -0.148. The summed E-state index contributed by atoms with van der Waals surface area (Å²) in [5.74, 6) is -5.81. The molecule has 0 unspecified atom stereocenters. The summed E-state index contributed by atoms with van der Waals surface area (Å²) < 4.78 is 22.3. The molecule has 10 amide bonds. The van der Waals surface area contributed by atoms with Gasteiger partial charge in [0.1, 0.15) is 30.8 Å². The number of rotatable bonds is 36. The molecule has 9 N–H and O–H groups in total. The van der Waals surface area contributed by atoms with Gasteiger partial charge >= 0.3 is 18.1 Å². The molecule has 0 radical (unpaired) electrons. The van der Waals surface area contributed by atoms with Crippen molar-refractivity contribution in [2.75, 3.05) is 53.8 Å². The third kappa shape index (κ3) is 23.2. The number of likely N-dealkylation sites (N-methyl/N-ethyl adjacent to an activating group) is 2. The topological polar surface area (TPSA) is 336 Å². The second-order valence-corrected chi connectivity index (χ2v) is 24.2. The van der Waals surface area contributed by atoms with Gasteiger partial charge in [-0.2, -0.15) is 0 Å². The first kappa shape index (κ1) is 75.9. The highest BCUT2D eigenvalue weighted by Gasteiger charge is 2.44. The van der Waals surface area contributed by atoms with Gasteiger partial charge in [0.25, 0.3) is 0 Å². The largest absolute Gasteiger partial charge is 0.469 e. The van der Waals surface area contributed by atoms with E-state index in [2.05, 4.69) is 36.6 Å². The Morgan fingerprint density at radius 3 is 1.92 bits per heavy atom. The number of primary amides is 1. The standard InChI is InChI=1S/C64H102N10O15/c1-16-40(8)55(48(86-13)35-50(76)74-34-22-26-47(74)57(88-15)41(9)58(79)67-42(10)56(78)44-23-18-17-19-24-44)72(11)62(83)53(38(4)5)71-61(82)54(39(6)7)73(12)64(85)89-36-43-29-31-45(32-30-43)68-59(80)46(25-21-33-66-63(65)84)69-60(81)52(37(2)3)70-49(75)27-20-28-51(77)87-14/h17-19,23-24,29-32,37-42,46-48,52-57,78H,16,20-22,25-28,33-36H2,1-15H3,(H,67,79)(H,68,80)(H,69,81)(H,70,75)(H,71,82)(H3,65,66,84)/t40-,41+,42+,46-,47-,48+,52-,53-,54-,55-,56+,57+/m0/s1. The molecule has 2 aromatic carbocycles. The van der Waals surface area contributed by atoms with Crippen molar-refractivity contribution >= 4 is 65.1 Å². The molecule has 25 heteroatoms. The number of aliphatic hydroxyl groups is 1. The van der Waals surface area contributed by atoms with Gasteiger partial charge in [0.2, 0.25) is 41.4 Å². The minimum Gasteiger partial charge on any atom is -0.469 e. The maximum Gasteiger partial charge on any atom is 0.410 e. The number of methoxy groups -OCH3 is 3. The zero-order valence-corrected chi connectivity index (χ0v) is 54.9. The Labute approximate surface area is 525 Å². The van der Waals surface area contributed by atoms with E-state index in [-0.39, 0.29) is 75.3 Å². The first-order chi connectivity index (χ1) is 42.0. The lowest BCUT2D eigenvalue weighted by Gasteiger charge is -2.41. The summed E-state index contributed by atoms with van der Waals surface area (Å²) in [5.41, 5.74) is 6.75. The number of anilines is 1. The van der Waals surface area contributed by atoms with Crippen LogP contribution in [0.1, 0.15) is 144 Å². The van der Waals surface area contributed by atoms with Crippen LogP contribution in [0.4, 0.5) is 15.3 Å². The Hall–Kier alpha value is -7.38. The molecule has 89 heavy (non-hydrogen) atoms. The molecular weight excluding hydrogens is 1150 g/mol. The maximum absolute atomic E-state index is 14.8. The molecule has 1 aliphatic heterocycles. The van der Waals surface area contributed by atoms with Crippen LogP contribution >= 0.6 is 0 Å². The fourth-order valence-corrected chi connectivity index (χ4v) is 11.2. The lowest BCUT2D eigenvalue weighted by atomic mass is 9.89. The fraction of sp³-hybridized carbons (Fsp3) is 0.656. The van der Waals surface area contributed by atoms with E-state index >= 15 is 0 Å². The Morgan fingerprint density at radius 2 is 1.36 bits per heavy atom. The number of amides is 10. The number of benzene rings is 2. The van der Waals surface area contributed by atoms with Crippen LogP contribution < -0.4 is 37.6 Å². The van der Waals surface area contributed by atoms with E-state index in [9.17, 15) is 53.1 Å². The van der Waals surface area contributed by atoms with Gasteiger partial charge in [0, 0.05) is 59.9 Å². The van der Waals surface area contributed by atoms with Gasteiger partial charge in [-0.3, -0.25) is 43.3 Å². The van der Waals surface area contributed by atoms with Crippen LogP contribution in [0.15, 0.2) is 54.6 Å². The maximum atomic E-state index is 14.8. The van der Waals surface area contributed by atoms with E-state index in [4.69, 9.17) is 19.9 Å². The molecule has 12 atom stereocenters. The van der Waals surface area contributed by atoms with E-state index in [0.29, 0.717) is 42.6 Å². The molecule has 25 nitrogen and oxygen atoms in total. The molecular formula is C64H102N10O15. The number of nitrogens with one attached hydrogen (secondary N) is 6. The van der Waals surface area contributed by atoms with Gasteiger partial charge in [-0.15, -0.1) is 0 Å². The van der Waals surface area contributed by atoms with Gasteiger partial charge in [0.15, 0.2) is 0 Å². The highest BCUT2D eigenvalue weighted by molar-refractivity contribution is 5.98. The number of likely N-dealkylation sites (tertiary alicyclic amines) is 1. The first-order valence-corrected chi connectivity index (χ1v) is 31.0. The molecule has 0 bridgehead atoms. The van der Waals surface area contributed by atoms with E-state index < -0.39 is 126 Å². The van der Waals surface area contributed by atoms with Crippen molar-refractivity contribution < 1.29 is 72.0 Å². The minimum absolute atomic E-state index is 0.0271. The Bertz CT molecular complexity index is 2630. The number of nitrogens with zero attached hydrogens (tertiary/aromatic N) is 3. The van der Waals surface area contributed by atoms with Gasteiger partial charge in [-0.1, -0.05) is 111 Å². The lowest BCUT2D eigenvalue weighted by Crippen LogP contribution is -2.60. The van der Waals surface area contributed by atoms with Crippen molar-refractivity contribution in [2.45, 2.75) is 194 Å². The SMILES string of the molecule is CC[C@H](C)[C@@H]([C@@H](CC(=O)N1CCC[C@H]1[C@H](OC)[C@@H](C)C(=O)N[C@H](C)[C@@H](O)c1ccccc1)OC)N(C)C(=O)[C@@H](NC(=O)[C@H](C(C)C)N(C)C(=O)OCc1ccc(NC(=O)[C@H](CCCNC(N)=O)NC(=O)[C@@H](NC(=O)CCCC(=O)OC)C(C)C)cc1)C(C)C. The predicted octanol–water partition coefficient (Wildman–Crippen LogP) is 4.93. The number of carbonyl (C=O) groups is 10. The second-order valence-electron chi connectivity index (χ2n) is 24.2. The summed E-state index contributed by atoms with van der Waals surface area (Å²) in [6.45, 7) is 18.3. The highest BCUT2D eigenvalue weighted by Crippen LogP contribution is 2.30. The summed E-state index contributed by atoms with van der Waals surface area (Å²) in [6.07, 6.45) is -0.843. The van der Waals surface area contributed by atoms with Crippen molar-refractivity contribution in [3.05, 3.63) is 65.7 Å². The van der Waals surface area contributed by atoms with E-state index in [1.165, 1.54) is 33.3 Å². The molecule has 1 aliphatic rings. The number of esters is 1. The highest BCUT2D eigenvalue weighted by atomic mass is 16.6. The molecule has 3 rings (SSSR count). The van der Waals surface area contributed by atoms with Crippen molar-refractivity contribution in [1.82, 2.24) is 41.3 Å². The van der Waals surface area contributed by atoms with Crippen LogP contribution in [0.2, 0.25) is 0 Å². The Balaban J connectivity index is 1.71. The number of aliphatic hydroxyl groups excluding tert-OH is 1. The third-order valence-electron chi connectivity index (χ3n) is 16.5. The van der Waals surface area contributed by atoms with Crippen molar-refractivity contribution in [3.8, 4) is 0 Å². The van der Waals surface area contributed by atoms with Crippen LogP contribution in [-0.4, -0.2) is 182 Å². The summed E-state index contributed by atoms with van der Waals surface area (Å²) in [4.78, 5) is 138. The van der Waals surface area contributed by atoms with Crippen molar-refractivity contribution in [3.63, 3.8) is 0 Å². The monoisotopic (exact) mass is 1250 g/mol. The molecule has 498 valence electrons. The average molecular weight is 1250 g/mol. The zero-order chi connectivity index (χ0) is 66.8. The summed E-state index contributed by atoms with van der Waals surface area (Å²) in [7, 11) is 7.33. The van der Waals surface area contributed by atoms with Crippen LogP contribution in [0, 0.1) is 29.6 Å². The van der Waals surface area contributed by atoms with Crippen LogP contribution in [0.3, 0.4) is 0 Å². The molecule has 0 saturated carbocycles. The number of ether oxygens (including phenoxy) is 4.